The first-order chi connectivity index (χ1) is 7.50. The topological polar surface area (TPSA) is 59.1 Å². The Morgan fingerprint density at radius 1 is 1.56 bits per heavy atom. The first kappa shape index (κ1) is 11.5. The van der Waals surface area contributed by atoms with E-state index in [-0.39, 0.29) is 5.25 Å². The van der Waals surface area contributed by atoms with Gasteiger partial charge in [0.1, 0.15) is 5.82 Å². The molecule has 0 aromatic carbocycles. The highest BCUT2D eigenvalue weighted by Gasteiger charge is 2.36. The van der Waals surface area contributed by atoms with Gasteiger partial charge >= 0.3 is 0 Å². The third-order valence-electron chi connectivity index (χ3n) is 2.57. The van der Waals surface area contributed by atoms with Crippen LogP contribution in [0.2, 0.25) is 0 Å². The van der Waals surface area contributed by atoms with Gasteiger partial charge in [0.15, 0.2) is 0 Å². The van der Waals surface area contributed by atoms with Crippen LogP contribution >= 0.6 is 0 Å². The Bertz CT molecular complexity index is 485. The van der Waals surface area contributed by atoms with Crippen LogP contribution in [0.25, 0.3) is 0 Å². The van der Waals surface area contributed by atoms with Crippen molar-refractivity contribution >= 4 is 10.0 Å². The lowest BCUT2D eigenvalue weighted by molar-refractivity contribution is 0.547. The van der Waals surface area contributed by atoms with Crippen molar-refractivity contribution in [2.75, 3.05) is 0 Å². The van der Waals surface area contributed by atoms with Gasteiger partial charge in [0.05, 0.1) is 11.4 Å². The van der Waals surface area contributed by atoms with Crippen molar-refractivity contribution in [3.63, 3.8) is 0 Å². The number of nitrogens with one attached hydrogen (secondary N) is 1. The van der Waals surface area contributed by atoms with E-state index < -0.39 is 21.9 Å². The average molecular weight is 244 g/mol. The minimum absolute atomic E-state index is 0.292. The fourth-order valence-corrected chi connectivity index (χ4v) is 3.09. The molecule has 0 amide bonds. The Morgan fingerprint density at radius 3 is 2.81 bits per heavy atom. The normalized spacial score (nSPS) is 18.4. The zero-order valence-electron chi connectivity index (χ0n) is 8.85. The van der Waals surface area contributed by atoms with Crippen LogP contribution in [0.5, 0.6) is 0 Å². The zero-order chi connectivity index (χ0) is 11.8. The standard InChI is InChI=1S/C10H13FN2O2S/c1-7(9-4-5-12-6-10(9)11)13-16(14,15)8-2-3-8/h4-8,13H,2-3H2,1H3. The van der Waals surface area contributed by atoms with E-state index in [4.69, 9.17) is 0 Å². The van der Waals surface area contributed by atoms with Crippen LogP contribution in [0.1, 0.15) is 31.4 Å². The minimum Gasteiger partial charge on any atom is -0.262 e. The molecule has 2 rings (SSSR count). The molecule has 1 aromatic rings. The summed E-state index contributed by atoms with van der Waals surface area (Å²) in [5, 5.41) is -0.292. The number of hydrogen-bond acceptors (Lipinski definition) is 3. The molecule has 1 atom stereocenters. The zero-order valence-corrected chi connectivity index (χ0v) is 9.67. The fourth-order valence-electron chi connectivity index (χ4n) is 1.52. The second-order valence-corrected chi connectivity index (χ2v) is 5.97. The molecule has 4 nitrogen and oxygen atoms in total. The molecule has 1 heterocycles. The Kier molecular flexibility index (Phi) is 2.94. The fraction of sp³-hybridized carbons (Fsp3) is 0.500. The summed E-state index contributed by atoms with van der Waals surface area (Å²) >= 11 is 0. The van der Waals surface area contributed by atoms with E-state index in [1.54, 1.807) is 6.92 Å². The summed E-state index contributed by atoms with van der Waals surface area (Å²) in [6.07, 6.45) is 3.92. The number of hydrogen-bond donors (Lipinski definition) is 1. The summed E-state index contributed by atoms with van der Waals surface area (Å²) in [4.78, 5) is 3.62. The van der Waals surface area contributed by atoms with Gasteiger partial charge in [0.25, 0.3) is 0 Å². The lowest BCUT2D eigenvalue weighted by atomic mass is 10.1. The molecule has 16 heavy (non-hydrogen) atoms. The van der Waals surface area contributed by atoms with Gasteiger partial charge in [-0.3, -0.25) is 4.98 Å². The van der Waals surface area contributed by atoms with Crippen molar-refractivity contribution in [3.8, 4) is 0 Å². The highest BCUT2D eigenvalue weighted by Crippen LogP contribution is 2.29. The maximum atomic E-state index is 13.3. The molecular formula is C10H13FN2O2S. The molecule has 1 aliphatic carbocycles. The van der Waals surface area contributed by atoms with E-state index in [1.807, 2.05) is 0 Å². The van der Waals surface area contributed by atoms with Gasteiger partial charge in [-0.25, -0.2) is 17.5 Å². The van der Waals surface area contributed by atoms with Gasteiger partial charge in [0.2, 0.25) is 10.0 Å². The van der Waals surface area contributed by atoms with Crippen molar-refractivity contribution in [2.45, 2.75) is 31.1 Å². The Labute approximate surface area is 93.9 Å². The Morgan fingerprint density at radius 2 is 2.25 bits per heavy atom. The molecule has 0 spiro atoms. The summed E-state index contributed by atoms with van der Waals surface area (Å²) in [5.41, 5.74) is 0.319. The van der Waals surface area contributed by atoms with E-state index in [1.165, 1.54) is 12.3 Å². The largest absolute Gasteiger partial charge is 0.262 e. The van der Waals surface area contributed by atoms with Crippen molar-refractivity contribution < 1.29 is 12.8 Å². The maximum absolute atomic E-state index is 13.3. The van der Waals surface area contributed by atoms with Gasteiger partial charge in [-0.15, -0.1) is 0 Å². The summed E-state index contributed by atoms with van der Waals surface area (Å²) in [7, 11) is -3.29. The summed E-state index contributed by atoms with van der Waals surface area (Å²) in [5.74, 6) is -0.492. The van der Waals surface area contributed by atoms with Crippen LogP contribution in [-0.2, 0) is 10.0 Å². The molecule has 0 saturated heterocycles. The molecule has 0 radical (unpaired) electrons. The molecular weight excluding hydrogens is 231 g/mol. The van der Waals surface area contributed by atoms with E-state index in [0.717, 1.165) is 6.20 Å². The summed E-state index contributed by atoms with van der Waals surface area (Å²) < 4.78 is 39.1. The summed E-state index contributed by atoms with van der Waals surface area (Å²) in [6, 6.07) is 0.920. The van der Waals surface area contributed by atoms with E-state index in [9.17, 15) is 12.8 Å². The van der Waals surface area contributed by atoms with Crippen LogP contribution in [-0.4, -0.2) is 18.7 Å². The average Bonchev–Trinajstić information content (AvgIpc) is 3.00. The number of halogens is 1. The van der Waals surface area contributed by atoms with Crippen molar-refractivity contribution in [2.24, 2.45) is 0 Å². The Balaban J connectivity index is 2.14. The predicted molar refractivity (Wildman–Crippen MR) is 57.7 cm³/mol. The van der Waals surface area contributed by atoms with E-state index in [0.29, 0.717) is 18.4 Å². The lowest BCUT2D eigenvalue weighted by Gasteiger charge is -2.14. The first-order valence-corrected chi connectivity index (χ1v) is 6.66. The van der Waals surface area contributed by atoms with Crippen molar-refractivity contribution in [3.05, 3.63) is 29.8 Å². The molecule has 1 fully saturated rings. The van der Waals surface area contributed by atoms with Crippen molar-refractivity contribution in [1.29, 1.82) is 0 Å². The van der Waals surface area contributed by atoms with Gasteiger partial charge in [-0.2, -0.15) is 0 Å². The van der Waals surface area contributed by atoms with Gasteiger partial charge < -0.3 is 0 Å². The monoisotopic (exact) mass is 244 g/mol. The second-order valence-electron chi connectivity index (χ2n) is 3.98. The van der Waals surface area contributed by atoms with Gasteiger partial charge in [0, 0.05) is 17.8 Å². The van der Waals surface area contributed by atoms with Crippen LogP contribution < -0.4 is 4.72 Å². The molecule has 1 aliphatic rings. The molecule has 1 unspecified atom stereocenters. The van der Waals surface area contributed by atoms with E-state index in [2.05, 4.69) is 9.71 Å². The molecule has 0 aliphatic heterocycles. The number of aromatic nitrogens is 1. The van der Waals surface area contributed by atoms with Gasteiger partial charge in [-0.05, 0) is 25.8 Å². The molecule has 0 bridgehead atoms. The smallest absolute Gasteiger partial charge is 0.215 e. The minimum atomic E-state index is -3.29. The van der Waals surface area contributed by atoms with Crippen LogP contribution in [0.4, 0.5) is 4.39 Å². The second kappa shape index (κ2) is 4.10. The summed E-state index contributed by atoms with van der Waals surface area (Å²) in [6.45, 7) is 1.62. The lowest BCUT2D eigenvalue weighted by Crippen LogP contribution is -2.30. The molecule has 1 aromatic heterocycles. The first-order valence-electron chi connectivity index (χ1n) is 5.11. The van der Waals surface area contributed by atoms with Crippen molar-refractivity contribution in [1.82, 2.24) is 9.71 Å². The Hall–Kier alpha value is -1.01. The third kappa shape index (κ3) is 2.38. The van der Waals surface area contributed by atoms with Crippen LogP contribution in [0.3, 0.4) is 0 Å². The number of sulfonamides is 1. The highest BCUT2D eigenvalue weighted by molar-refractivity contribution is 7.90. The predicted octanol–water partition coefficient (Wildman–Crippen LogP) is 1.36. The third-order valence-corrected chi connectivity index (χ3v) is 4.61. The molecule has 6 heteroatoms. The SMILES string of the molecule is CC(NS(=O)(=O)C1CC1)c1ccncc1F. The molecule has 1 saturated carbocycles. The molecule has 88 valence electrons. The van der Waals surface area contributed by atoms with Crippen LogP contribution in [0, 0.1) is 5.82 Å². The number of rotatable bonds is 4. The van der Waals surface area contributed by atoms with Gasteiger partial charge in [-0.1, -0.05) is 0 Å². The van der Waals surface area contributed by atoms with E-state index >= 15 is 0 Å². The highest BCUT2D eigenvalue weighted by atomic mass is 32.2. The molecule has 1 N–H and O–H groups in total. The van der Waals surface area contributed by atoms with Crippen LogP contribution in [0.15, 0.2) is 18.5 Å². The maximum Gasteiger partial charge on any atom is 0.215 e. The number of pyridine rings is 1. The quantitative estimate of drug-likeness (QED) is 0.870. The number of nitrogens with zero attached hydrogens (tertiary/aromatic N) is 1.